The molecule has 12 nitrogen and oxygen atoms in total. The summed E-state index contributed by atoms with van der Waals surface area (Å²) in [7, 11) is -2.33. The number of nitrogens with one attached hydrogen (secondary N) is 3. The second-order valence-corrected chi connectivity index (χ2v) is 16.7. The molecule has 5 atom stereocenters. The zero-order chi connectivity index (χ0) is 36.0. The summed E-state index contributed by atoms with van der Waals surface area (Å²) in [4.78, 5) is 48.2. The van der Waals surface area contributed by atoms with Gasteiger partial charge in [0.2, 0.25) is 27.7 Å². The van der Waals surface area contributed by atoms with Crippen LogP contribution in [0.15, 0.2) is 67.4 Å². The molecular formula is C36H42ClN5O7S. The van der Waals surface area contributed by atoms with Crippen LogP contribution in [0.25, 0.3) is 10.8 Å². The smallest absolute Gasteiger partial charge is 0.259 e. The number of hydrogen-bond donors (Lipinski definition) is 3. The molecule has 1 aromatic heterocycles. The van der Waals surface area contributed by atoms with E-state index in [1.54, 1.807) is 18.2 Å². The Kier molecular flexibility index (Phi) is 9.51. The molecule has 1 unspecified atom stereocenters. The van der Waals surface area contributed by atoms with Crippen molar-refractivity contribution in [2.45, 2.75) is 75.4 Å². The van der Waals surface area contributed by atoms with Crippen LogP contribution in [0.1, 0.15) is 46.5 Å². The van der Waals surface area contributed by atoms with Gasteiger partial charge in [0.1, 0.15) is 29.5 Å². The molecule has 266 valence electrons. The third kappa shape index (κ3) is 7.11. The van der Waals surface area contributed by atoms with Gasteiger partial charge >= 0.3 is 0 Å². The third-order valence-electron chi connectivity index (χ3n) is 9.57. The Labute approximate surface area is 297 Å². The number of sulfonamides is 1. The van der Waals surface area contributed by atoms with Crippen molar-refractivity contribution in [3.8, 4) is 11.6 Å². The average Bonchev–Trinajstić information content (AvgIpc) is 4.00. The number of methoxy groups -OCH3 is 1. The molecule has 14 heteroatoms. The van der Waals surface area contributed by atoms with Crippen molar-refractivity contribution in [2.24, 2.45) is 11.3 Å². The fourth-order valence-corrected chi connectivity index (χ4v) is 8.02. The molecule has 3 aliphatic rings. The largest absolute Gasteiger partial charge is 0.494 e. The summed E-state index contributed by atoms with van der Waals surface area (Å²) in [6.45, 7) is 9.62. The number of likely N-dealkylation sites (tertiary alicyclic amines) is 1. The van der Waals surface area contributed by atoms with Crippen molar-refractivity contribution in [1.29, 1.82) is 0 Å². The van der Waals surface area contributed by atoms with E-state index in [9.17, 15) is 22.8 Å². The molecule has 2 heterocycles. The molecule has 3 aromatic rings. The van der Waals surface area contributed by atoms with Gasteiger partial charge in [-0.2, -0.15) is 0 Å². The molecule has 0 radical (unpaired) electrons. The number of carbonyl (C=O) groups is 3. The maximum Gasteiger partial charge on any atom is 0.259 e. The Bertz CT molecular complexity index is 1930. The zero-order valence-corrected chi connectivity index (χ0v) is 30.0. The molecule has 50 heavy (non-hydrogen) atoms. The monoisotopic (exact) mass is 723 g/mol. The van der Waals surface area contributed by atoms with Crippen LogP contribution in [-0.2, 0) is 24.4 Å². The molecule has 2 aromatic carbocycles. The number of amides is 3. The highest BCUT2D eigenvalue weighted by atomic mass is 35.5. The first-order valence-electron chi connectivity index (χ1n) is 16.6. The van der Waals surface area contributed by atoms with Crippen LogP contribution in [0.2, 0.25) is 5.02 Å². The number of carbonyl (C=O) groups excluding carboxylic acids is 3. The zero-order valence-electron chi connectivity index (χ0n) is 28.4. The van der Waals surface area contributed by atoms with E-state index in [2.05, 4.69) is 26.9 Å². The highest BCUT2D eigenvalue weighted by Gasteiger charge is 2.62. The first kappa shape index (κ1) is 35.5. The number of halogens is 1. The summed E-state index contributed by atoms with van der Waals surface area (Å²) in [5.74, 6) is -1.45. The Morgan fingerprint density at radius 1 is 1.12 bits per heavy atom. The number of nitrogens with zero attached hydrogens (tertiary/aromatic N) is 2. The van der Waals surface area contributed by atoms with Crippen LogP contribution >= 0.6 is 11.6 Å². The van der Waals surface area contributed by atoms with Crippen molar-refractivity contribution in [1.82, 2.24) is 19.9 Å². The van der Waals surface area contributed by atoms with E-state index in [-0.39, 0.29) is 31.2 Å². The Morgan fingerprint density at radius 2 is 1.84 bits per heavy atom. The van der Waals surface area contributed by atoms with Gasteiger partial charge in [0.15, 0.2) is 0 Å². The van der Waals surface area contributed by atoms with Crippen molar-refractivity contribution < 1.29 is 32.3 Å². The van der Waals surface area contributed by atoms with Crippen LogP contribution in [0.4, 0.5) is 5.69 Å². The molecule has 2 aliphatic carbocycles. The van der Waals surface area contributed by atoms with Crippen molar-refractivity contribution >= 4 is 55.8 Å². The predicted octanol–water partition coefficient (Wildman–Crippen LogP) is 4.44. The second-order valence-electron chi connectivity index (χ2n) is 14.3. The maximum absolute atomic E-state index is 14.6. The molecule has 6 rings (SSSR count). The Balaban J connectivity index is 1.31. The highest BCUT2D eigenvalue weighted by molar-refractivity contribution is 7.91. The summed E-state index contributed by atoms with van der Waals surface area (Å²) in [5, 5.41) is 7.35. The fraction of sp³-hybridized carbons (Fsp3) is 0.444. The van der Waals surface area contributed by atoms with E-state index in [1.165, 1.54) is 24.3 Å². The lowest BCUT2D eigenvalue weighted by Crippen LogP contribution is -2.58. The lowest BCUT2D eigenvalue weighted by atomic mass is 9.85. The van der Waals surface area contributed by atoms with E-state index < -0.39 is 62.1 Å². The first-order chi connectivity index (χ1) is 23.7. The summed E-state index contributed by atoms with van der Waals surface area (Å²) >= 11 is 6.34. The minimum Gasteiger partial charge on any atom is -0.494 e. The number of hydrogen-bond acceptors (Lipinski definition) is 9. The number of para-hydroxylation sites is 1. The Hall–Kier alpha value is -4.36. The molecule has 1 saturated heterocycles. The lowest BCUT2D eigenvalue weighted by Gasteiger charge is -2.36. The summed E-state index contributed by atoms with van der Waals surface area (Å²) in [6.07, 6.45) is 3.59. The standard InChI is InChI=1S/C36H42ClN5O7S/c1-6-21-18-36(21,34(45)41-50(46,47)25-13-14-25)40-31(43)28-17-24(49-32-27-16-22(37)12-15-26(27)29(48-5)19-38-32)20-42(28)33(44)30(35(2,3)4)39-23-10-8-7-9-11-23/h6-12,15-16,19,21,24-25,28,30,39H,1,13-14,17-18,20H2,2-5H3,(H,40,43)(H,41,45)/t21-,24-,28+,30?,36-/m1/s1. The van der Waals surface area contributed by atoms with E-state index in [4.69, 9.17) is 21.1 Å². The minimum atomic E-state index is -3.87. The normalized spacial score (nSPS) is 23.9. The number of ether oxygens (including phenoxy) is 2. The number of pyridine rings is 1. The van der Waals surface area contributed by atoms with Crippen molar-refractivity contribution in [3.05, 3.63) is 72.4 Å². The van der Waals surface area contributed by atoms with E-state index in [0.717, 1.165) is 11.1 Å². The van der Waals surface area contributed by atoms with Crippen LogP contribution in [0.3, 0.4) is 0 Å². The summed E-state index contributed by atoms with van der Waals surface area (Å²) in [5.41, 5.74) is -1.36. The molecule has 0 bridgehead atoms. The van der Waals surface area contributed by atoms with Crippen LogP contribution in [0, 0.1) is 11.3 Å². The van der Waals surface area contributed by atoms with E-state index >= 15 is 0 Å². The van der Waals surface area contributed by atoms with Crippen LogP contribution < -0.4 is 24.8 Å². The van der Waals surface area contributed by atoms with Gasteiger partial charge in [-0.15, -0.1) is 6.58 Å². The van der Waals surface area contributed by atoms with Gasteiger partial charge in [-0.3, -0.25) is 19.1 Å². The van der Waals surface area contributed by atoms with Crippen molar-refractivity contribution in [3.63, 3.8) is 0 Å². The summed E-state index contributed by atoms with van der Waals surface area (Å²) < 4.78 is 39.4. The SMILES string of the molecule is C=C[C@@H]1C[C@]1(NC(=O)[C@@H]1C[C@@H](Oc2ncc(OC)c3ccc(Cl)cc23)CN1C(=O)C(Nc1ccccc1)C(C)(C)C)C(=O)NS(=O)(=O)C1CC1. The highest BCUT2D eigenvalue weighted by Crippen LogP contribution is 2.46. The molecule has 3 N–H and O–H groups in total. The number of benzene rings is 2. The molecule has 0 spiro atoms. The topological polar surface area (TPSA) is 156 Å². The number of aromatic nitrogens is 1. The fourth-order valence-electron chi connectivity index (χ4n) is 6.49. The van der Waals surface area contributed by atoms with Gasteiger partial charge in [-0.05, 0) is 55.0 Å². The van der Waals surface area contributed by atoms with Gasteiger partial charge in [0.25, 0.3) is 5.91 Å². The van der Waals surface area contributed by atoms with E-state index in [1.807, 2.05) is 51.1 Å². The summed E-state index contributed by atoms with van der Waals surface area (Å²) in [6, 6.07) is 12.8. The minimum absolute atomic E-state index is 0.0376. The third-order valence-corrected chi connectivity index (χ3v) is 11.6. The van der Waals surface area contributed by atoms with E-state index in [0.29, 0.717) is 29.0 Å². The second kappa shape index (κ2) is 13.4. The average molecular weight is 724 g/mol. The molecule has 2 saturated carbocycles. The number of rotatable bonds is 12. The van der Waals surface area contributed by atoms with Crippen LogP contribution in [-0.4, -0.2) is 78.7 Å². The lowest BCUT2D eigenvalue weighted by molar-refractivity contribution is -0.141. The van der Waals surface area contributed by atoms with Gasteiger partial charge in [0.05, 0.1) is 25.1 Å². The maximum atomic E-state index is 14.6. The Morgan fingerprint density at radius 3 is 2.46 bits per heavy atom. The van der Waals surface area contributed by atoms with Crippen LogP contribution in [0.5, 0.6) is 11.6 Å². The van der Waals surface area contributed by atoms with Gasteiger partial charge in [-0.25, -0.2) is 13.4 Å². The predicted molar refractivity (Wildman–Crippen MR) is 190 cm³/mol. The van der Waals surface area contributed by atoms with Gasteiger partial charge in [0, 0.05) is 33.8 Å². The quantitative estimate of drug-likeness (QED) is 0.230. The number of fused-ring (bicyclic) bond motifs is 1. The molecule has 3 fully saturated rings. The first-order valence-corrected chi connectivity index (χ1v) is 18.5. The number of anilines is 1. The molecule has 1 aliphatic heterocycles. The van der Waals surface area contributed by atoms with Crippen molar-refractivity contribution in [2.75, 3.05) is 19.0 Å². The molecule has 3 amide bonds. The van der Waals surface area contributed by atoms with Gasteiger partial charge in [-0.1, -0.05) is 56.6 Å². The van der Waals surface area contributed by atoms with Gasteiger partial charge < -0.3 is 25.0 Å². The molecular weight excluding hydrogens is 682 g/mol.